The molecule has 0 saturated heterocycles. The van der Waals surface area contributed by atoms with Crippen molar-refractivity contribution in [2.45, 2.75) is 18.7 Å². The second-order valence-electron chi connectivity index (χ2n) is 6.12. The van der Waals surface area contributed by atoms with Gasteiger partial charge in [0, 0.05) is 29.2 Å². The molecule has 2 heterocycles. The van der Waals surface area contributed by atoms with Crippen molar-refractivity contribution >= 4 is 22.9 Å². The van der Waals surface area contributed by atoms with E-state index in [1.165, 1.54) is 11.6 Å². The van der Waals surface area contributed by atoms with Crippen LogP contribution in [0.1, 0.15) is 22.2 Å². The lowest BCUT2D eigenvalue weighted by atomic mass is 10.1. The van der Waals surface area contributed by atoms with Crippen LogP contribution in [0.2, 0.25) is 5.15 Å². The molecule has 4 nitrogen and oxygen atoms in total. The van der Waals surface area contributed by atoms with Gasteiger partial charge in [-0.05, 0) is 24.6 Å². The van der Waals surface area contributed by atoms with Crippen LogP contribution in [0.5, 0.6) is 0 Å². The molecule has 2 N–H and O–H groups in total. The van der Waals surface area contributed by atoms with Crippen molar-refractivity contribution in [2.75, 3.05) is 13.1 Å². The second-order valence-corrected chi connectivity index (χ2v) is 7.36. The number of hydrogen-bond acceptors (Lipinski definition) is 5. The van der Waals surface area contributed by atoms with Crippen LogP contribution >= 0.6 is 22.9 Å². The summed E-state index contributed by atoms with van der Waals surface area (Å²) >= 11 is 6.31. The maximum absolute atomic E-state index is 12.7. The lowest BCUT2D eigenvalue weighted by Crippen LogP contribution is -2.23. The standard InChI is InChI=1S/C19H17ClF3N3OS/c20-17-6-5-14(9-25-17)16(27)10-24-8-7-12-1-3-13(4-2-12)15-11-28-18(26-15)19(21,22)23/h1-6,9,11,16,24,27H,7-8,10H2/t16-/m0/s1. The number of aromatic nitrogens is 2. The molecule has 0 fully saturated rings. The predicted octanol–water partition coefficient (Wildman–Crippen LogP) is 4.74. The Morgan fingerprint density at radius 2 is 1.89 bits per heavy atom. The fourth-order valence-electron chi connectivity index (χ4n) is 2.55. The SMILES string of the molecule is O[C@@H](CNCCc1ccc(-c2csc(C(F)(F)F)n2)cc1)c1ccc(Cl)nc1. The van der Waals surface area contributed by atoms with E-state index in [4.69, 9.17) is 11.6 Å². The number of nitrogens with one attached hydrogen (secondary N) is 1. The van der Waals surface area contributed by atoms with Gasteiger partial charge < -0.3 is 10.4 Å². The minimum atomic E-state index is -4.42. The average Bonchev–Trinajstić information content (AvgIpc) is 3.17. The quantitative estimate of drug-likeness (QED) is 0.422. The van der Waals surface area contributed by atoms with E-state index < -0.39 is 17.3 Å². The molecule has 1 atom stereocenters. The molecule has 148 valence electrons. The first-order chi connectivity index (χ1) is 13.3. The fourth-order valence-corrected chi connectivity index (χ4v) is 3.36. The number of thiazole rings is 1. The summed E-state index contributed by atoms with van der Waals surface area (Å²) in [5.74, 6) is 0. The summed E-state index contributed by atoms with van der Waals surface area (Å²) in [7, 11) is 0. The molecule has 3 rings (SSSR count). The van der Waals surface area contributed by atoms with Crippen LogP contribution in [-0.2, 0) is 12.6 Å². The van der Waals surface area contributed by atoms with Crippen molar-refractivity contribution in [3.8, 4) is 11.3 Å². The van der Waals surface area contributed by atoms with Crippen LogP contribution in [-0.4, -0.2) is 28.2 Å². The zero-order valence-electron chi connectivity index (χ0n) is 14.6. The summed E-state index contributed by atoms with van der Waals surface area (Å²) in [6.07, 6.45) is -2.84. The summed E-state index contributed by atoms with van der Waals surface area (Å²) in [6, 6.07) is 10.6. The van der Waals surface area contributed by atoms with E-state index in [1.807, 2.05) is 12.1 Å². The zero-order chi connectivity index (χ0) is 20.1. The highest BCUT2D eigenvalue weighted by Gasteiger charge is 2.34. The van der Waals surface area contributed by atoms with Crippen LogP contribution in [0.15, 0.2) is 48.0 Å². The van der Waals surface area contributed by atoms with Gasteiger partial charge >= 0.3 is 6.18 Å². The monoisotopic (exact) mass is 427 g/mol. The number of aliphatic hydroxyl groups is 1. The van der Waals surface area contributed by atoms with E-state index in [0.29, 0.717) is 46.4 Å². The molecule has 0 spiro atoms. The summed E-state index contributed by atoms with van der Waals surface area (Å²) in [6.45, 7) is 1.02. The van der Waals surface area contributed by atoms with Gasteiger partial charge in [-0.15, -0.1) is 11.3 Å². The molecule has 2 aromatic heterocycles. The highest BCUT2D eigenvalue weighted by molar-refractivity contribution is 7.10. The first-order valence-corrected chi connectivity index (χ1v) is 9.71. The van der Waals surface area contributed by atoms with Gasteiger partial charge in [-0.2, -0.15) is 13.2 Å². The predicted molar refractivity (Wildman–Crippen MR) is 103 cm³/mol. The Kier molecular flexibility index (Phi) is 6.66. The van der Waals surface area contributed by atoms with Crippen LogP contribution in [0.4, 0.5) is 13.2 Å². The van der Waals surface area contributed by atoms with E-state index in [2.05, 4.69) is 15.3 Å². The highest BCUT2D eigenvalue weighted by atomic mass is 35.5. The number of halogens is 4. The number of nitrogens with zero attached hydrogens (tertiary/aromatic N) is 2. The third-order valence-corrected chi connectivity index (χ3v) is 5.17. The maximum Gasteiger partial charge on any atom is 0.443 e. The van der Waals surface area contributed by atoms with Crippen molar-refractivity contribution in [1.82, 2.24) is 15.3 Å². The van der Waals surface area contributed by atoms with Gasteiger partial charge in [-0.3, -0.25) is 0 Å². The first-order valence-electron chi connectivity index (χ1n) is 8.45. The van der Waals surface area contributed by atoms with Crippen molar-refractivity contribution in [3.63, 3.8) is 0 Å². The van der Waals surface area contributed by atoms with Crippen molar-refractivity contribution in [1.29, 1.82) is 0 Å². The van der Waals surface area contributed by atoms with E-state index in [1.54, 1.807) is 24.3 Å². The molecule has 0 aliphatic carbocycles. The second kappa shape index (κ2) is 9.00. The van der Waals surface area contributed by atoms with E-state index in [0.717, 1.165) is 12.0 Å². The Morgan fingerprint density at radius 1 is 1.14 bits per heavy atom. The first kappa shape index (κ1) is 20.7. The number of rotatable bonds is 7. The number of hydrogen-bond donors (Lipinski definition) is 2. The fraction of sp³-hybridized carbons (Fsp3) is 0.263. The topological polar surface area (TPSA) is 58.0 Å². The Hall–Kier alpha value is -2.00. The van der Waals surface area contributed by atoms with Gasteiger partial charge in [0.05, 0.1) is 11.8 Å². The lowest BCUT2D eigenvalue weighted by molar-refractivity contribution is -0.137. The van der Waals surface area contributed by atoms with Crippen molar-refractivity contribution in [3.05, 3.63) is 69.3 Å². The van der Waals surface area contributed by atoms with Gasteiger partial charge in [0.2, 0.25) is 0 Å². The Labute approximate surface area is 169 Å². The van der Waals surface area contributed by atoms with Crippen molar-refractivity contribution in [2.24, 2.45) is 0 Å². The summed E-state index contributed by atoms with van der Waals surface area (Å²) < 4.78 is 38.0. The molecule has 0 bridgehead atoms. The third-order valence-electron chi connectivity index (χ3n) is 4.06. The normalized spacial score (nSPS) is 12.9. The number of benzene rings is 1. The van der Waals surface area contributed by atoms with Crippen LogP contribution in [0, 0.1) is 0 Å². The molecular formula is C19H17ClF3N3OS. The molecule has 0 amide bonds. The number of pyridine rings is 1. The van der Waals surface area contributed by atoms with Gasteiger partial charge in [0.25, 0.3) is 0 Å². The number of alkyl halides is 3. The average molecular weight is 428 g/mol. The Bertz CT molecular complexity index is 898. The van der Waals surface area contributed by atoms with Crippen LogP contribution < -0.4 is 5.32 Å². The molecule has 28 heavy (non-hydrogen) atoms. The highest BCUT2D eigenvalue weighted by Crippen LogP contribution is 2.34. The molecule has 9 heteroatoms. The minimum Gasteiger partial charge on any atom is -0.387 e. The van der Waals surface area contributed by atoms with Crippen LogP contribution in [0.3, 0.4) is 0 Å². The van der Waals surface area contributed by atoms with E-state index >= 15 is 0 Å². The third kappa shape index (κ3) is 5.51. The molecule has 0 saturated carbocycles. The van der Waals surface area contributed by atoms with Gasteiger partial charge in [0.1, 0.15) is 5.15 Å². The number of aliphatic hydroxyl groups excluding tert-OH is 1. The molecule has 0 aliphatic heterocycles. The van der Waals surface area contributed by atoms with Crippen molar-refractivity contribution < 1.29 is 18.3 Å². The Balaban J connectivity index is 1.48. The molecule has 1 aromatic carbocycles. The van der Waals surface area contributed by atoms with E-state index in [9.17, 15) is 18.3 Å². The van der Waals surface area contributed by atoms with Gasteiger partial charge in [0.15, 0.2) is 5.01 Å². The molecular weight excluding hydrogens is 411 g/mol. The van der Waals surface area contributed by atoms with E-state index in [-0.39, 0.29) is 0 Å². The molecule has 0 aliphatic rings. The smallest absolute Gasteiger partial charge is 0.387 e. The minimum absolute atomic E-state index is 0.321. The maximum atomic E-state index is 12.7. The Morgan fingerprint density at radius 3 is 2.50 bits per heavy atom. The summed E-state index contributed by atoms with van der Waals surface area (Å²) in [5, 5.41) is 14.2. The van der Waals surface area contributed by atoms with Gasteiger partial charge in [-0.1, -0.05) is 41.9 Å². The lowest BCUT2D eigenvalue weighted by Gasteiger charge is -2.12. The van der Waals surface area contributed by atoms with Crippen LogP contribution in [0.25, 0.3) is 11.3 Å². The zero-order valence-corrected chi connectivity index (χ0v) is 16.2. The molecule has 0 radical (unpaired) electrons. The molecule has 0 unspecified atom stereocenters. The molecule has 3 aromatic rings. The summed E-state index contributed by atoms with van der Waals surface area (Å²) in [5.41, 5.74) is 2.68. The summed E-state index contributed by atoms with van der Waals surface area (Å²) in [4.78, 5) is 7.59. The van der Waals surface area contributed by atoms with Gasteiger partial charge in [-0.25, -0.2) is 9.97 Å². The largest absolute Gasteiger partial charge is 0.443 e.